The van der Waals surface area contributed by atoms with E-state index in [0.29, 0.717) is 28.8 Å². The second kappa shape index (κ2) is 5.77. The van der Waals surface area contributed by atoms with E-state index < -0.39 is 0 Å². The van der Waals surface area contributed by atoms with E-state index in [4.69, 9.17) is 0 Å². The summed E-state index contributed by atoms with van der Waals surface area (Å²) in [7, 11) is 0. The molecule has 0 spiro atoms. The third-order valence-electron chi connectivity index (χ3n) is 0.167. The van der Waals surface area contributed by atoms with Crippen LogP contribution < -0.4 is 0 Å². The SMILES string of the molecule is [Li][Te][Te][Li]. The molecule has 0 saturated heterocycles. The minimum absolute atomic E-state index is 0.612. The molecule has 0 aromatic rings. The van der Waals surface area contributed by atoms with Crippen LogP contribution in [0.1, 0.15) is 0 Å². The minimum atomic E-state index is 0.612. The van der Waals surface area contributed by atoms with E-state index in [2.05, 4.69) is 28.7 Å². The topological polar surface area (TPSA) is 0 Å². The molecule has 0 fully saturated rings. The van der Waals surface area contributed by atoms with Gasteiger partial charge >= 0.3 is 57.5 Å². The predicted molar refractivity (Wildman–Crippen MR) is 23.0 cm³/mol. The van der Waals surface area contributed by atoms with E-state index in [0.717, 1.165) is 0 Å². The first-order valence-corrected chi connectivity index (χ1v) is 13.0. The Morgan fingerprint density at radius 3 is 1.25 bits per heavy atom. The zero-order valence-electron chi connectivity index (χ0n) is 2.82. The molecule has 0 aromatic carbocycles. The normalized spacial score (nSPS) is 8.00. The van der Waals surface area contributed by atoms with E-state index in [9.17, 15) is 0 Å². The molecule has 0 bridgehead atoms. The maximum absolute atomic E-state index is 2.37. The van der Waals surface area contributed by atoms with Crippen molar-refractivity contribution in [1.82, 2.24) is 0 Å². The summed E-state index contributed by atoms with van der Waals surface area (Å²) in [5.74, 6) is 0. The van der Waals surface area contributed by atoms with Crippen LogP contribution >= 0.6 is 0 Å². The van der Waals surface area contributed by atoms with Crippen molar-refractivity contribution in [2.24, 2.45) is 0 Å². The van der Waals surface area contributed by atoms with Crippen molar-refractivity contribution in [1.29, 1.82) is 0 Å². The van der Waals surface area contributed by atoms with Gasteiger partial charge in [0.1, 0.15) is 0 Å². The van der Waals surface area contributed by atoms with Gasteiger partial charge in [-0.25, -0.2) is 0 Å². The Hall–Kier alpha value is 2.77. The number of hydrogen-bond acceptors (Lipinski definition) is 0. The summed E-state index contributed by atoms with van der Waals surface area (Å²) in [4.78, 5) is 0. The van der Waals surface area contributed by atoms with Gasteiger partial charge in [0.15, 0.2) is 0 Å². The molecule has 0 unspecified atom stereocenters. The summed E-state index contributed by atoms with van der Waals surface area (Å²) in [5.41, 5.74) is 0. The monoisotopic (exact) mass is 274 g/mol. The van der Waals surface area contributed by atoms with Gasteiger partial charge in [0.25, 0.3) is 0 Å². The van der Waals surface area contributed by atoms with Crippen molar-refractivity contribution in [3.63, 3.8) is 0 Å². The molecule has 4 heteroatoms. The van der Waals surface area contributed by atoms with Gasteiger partial charge in [-0.2, -0.15) is 0 Å². The summed E-state index contributed by atoms with van der Waals surface area (Å²) in [6, 6.07) is 0. The van der Waals surface area contributed by atoms with Crippen molar-refractivity contribution in [2.75, 3.05) is 0 Å². The van der Waals surface area contributed by atoms with Gasteiger partial charge in [-0.3, -0.25) is 0 Å². The molecule has 0 N–H and O–H groups in total. The Bertz CT molecular complexity index is 6.00. The maximum atomic E-state index is 2.37. The Kier molecular flexibility index (Phi) is 9.78. The van der Waals surface area contributed by atoms with E-state index in [1.807, 2.05) is 0 Å². The molecule has 0 saturated carbocycles. The fourth-order valence-corrected chi connectivity index (χ4v) is 0. The Morgan fingerprint density at radius 2 is 1.25 bits per heavy atom. The van der Waals surface area contributed by atoms with Gasteiger partial charge in [0.2, 0.25) is 0 Å². The van der Waals surface area contributed by atoms with Crippen molar-refractivity contribution in [3.8, 4) is 0 Å². The molecule has 0 nitrogen and oxygen atoms in total. The van der Waals surface area contributed by atoms with Gasteiger partial charge < -0.3 is 0 Å². The fraction of sp³-hybridized carbons (Fsp3) is 0. The number of rotatable bonds is 1. The first-order chi connectivity index (χ1) is 1.91. The fourth-order valence-electron chi connectivity index (χ4n) is 0. The Balaban J connectivity index is 1.97. The van der Waals surface area contributed by atoms with E-state index >= 15 is 0 Å². The van der Waals surface area contributed by atoms with E-state index in [-0.39, 0.29) is 0 Å². The second-order valence-corrected chi connectivity index (χ2v) is 15.0. The quantitative estimate of drug-likeness (QED) is 0.507. The van der Waals surface area contributed by atoms with Crippen LogP contribution in [0.15, 0.2) is 0 Å². The van der Waals surface area contributed by atoms with Crippen molar-refractivity contribution >= 4 is 57.5 Å². The van der Waals surface area contributed by atoms with Crippen LogP contribution in [0.5, 0.6) is 0 Å². The summed E-state index contributed by atoms with van der Waals surface area (Å²) >= 11 is 5.96. The summed E-state index contributed by atoms with van der Waals surface area (Å²) in [5, 5.41) is 0. The summed E-state index contributed by atoms with van der Waals surface area (Å²) in [6.07, 6.45) is 0. The third-order valence-corrected chi connectivity index (χ3v) is 7.50. The molecule has 0 heterocycles. The molecular weight excluding hydrogens is 269 g/mol. The molecule has 4 heavy (non-hydrogen) atoms. The van der Waals surface area contributed by atoms with Crippen LogP contribution in [0.4, 0.5) is 0 Å². The van der Waals surface area contributed by atoms with Crippen molar-refractivity contribution < 1.29 is 0 Å². The zero-order chi connectivity index (χ0) is 3.41. The summed E-state index contributed by atoms with van der Waals surface area (Å²) < 4.78 is 0. The molecule has 0 aliphatic carbocycles. The van der Waals surface area contributed by atoms with Gasteiger partial charge in [-0.15, -0.1) is 0 Å². The number of hydrogen-bond donors (Lipinski definition) is 0. The molecule has 0 atom stereocenters. The van der Waals surface area contributed by atoms with Crippen molar-refractivity contribution in [3.05, 3.63) is 0 Å². The molecule has 0 aromatic heterocycles. The van der Waals surface area contributed by atoms with Gasteiger partial charge in [-0.05, 0) is 0 Å². The molecule has 0 radical (unpaired) electrons. The van der Waals surface area contributed by atoms with Crippen molar-refractivity contribution in [2.45, 2.75) is 0 Å². The average Bonchev–Trinajstić information content (AvgIpc) is 1.37. The molecule has 14 valence electrons. The third kappa shape index (κ3) is 4.77. The second-order valence-electron chi connectivity index (χ2n) is 0.333. The average molecular weight is 269 g/mol. The first-order valence-electron chi connectivity index (χ1n) is 0.983. The van der Waals surface area contributed by atoms with Gasteiger partial charge in [0.05, 0.1) is 0 Å². The van der Waals surface area contributed by atoms with Crippen LogP contribution in [-0.2, 0) is 0 Å². The molecular formula is Li2Te2. The van der Waals surface area contributed by atoms with Crippen LogP contribution in [0.2, 0.25) is 0 Å². The van der Waals surface area contributed by atoms with Gasteiger partial charge in [-0.1, -0.05) is 0 Å². The van der Waals surface area contributed by atoms with Crippen LogP contribution in [-0.4, -0.2) is 57.5 Å². The first kappa shape index (κ1) is 6.77. The Morgan fingerprint density at radius 1 is 1.00 bits per heavy atom. The Labute approximate surface area is 56.1 Å². The predicted octanol–water partition coefficient (Wildman–Crippen LogP) is -1.52. The molecule has 0 rings (SSSR count). The van der Waals surface area contributed by atoms with Crippen LogP contribution in [0.3, 0.4) is 0 Å². The van der Waals surface area contributed by atoms with E-state index in [1.165, 1.54) is 0 Å². The van der Waals surface area contributed by atoms with Gasteiger partial charge in [0, 0.05) is 0 Å². The van der Waals surface area contributed by atoms with Crippen LogP contribution in [0.25, 0.3) is 0 Å². The molecule has 0 aliphatic rings. The summed E-state index contributed by atoms with van der Waals surface area (Å²) in [6.45, 7) is 0. The zero-order valence-corrected chi connectivity index (χ0v) is 7.48. The molecule has 0 aliphatic heterocycles. The molecule has 0 amide bonds. The van der Waals surface area contributed by atoms with Crippen LogP contribution in [0, 0.1) is 0 Å². The van der Waals surface area contributed by atoms with E-state index in [1.54, 1.807) is 0 Å². The standard InChI is InChI=1S/2Li.Te2/c;;1-2/q2*+1;-2.